The van der Waals surface area contributed by atoms with Gasteiger partial charge in [-0.25, -0.2) is 0 Å². The summed E-state index contributed by atoms with van der Waals surface area (Å²) in [5.74, 6) is 2.19. The summed E-state index contributed by atoms with van der Waals surface area (Å²) < 4.78 is 5.70. The van der Waals surface area contributed by atoms with Gasteiger partial charge in [-0.15, -0.1) is 0 Å². The molecule has 1 atom stereocenters. The number of hydrogen-bond acceptors (Lipinski definition) is 4. The summed E-state index contributed by atoms with van der Waals surface area (Å²) in [4.78, 5) is 10.1. The van der Waals surface area contributed by atoms with Crippen LogP contribution in [0.3, 0.4) is 0 Å². The van der Waals surface area contributed by atoms with Gasteiger partial charge in [0.1, 0.15) is 5.75 Å². The minimum absolute atomic E-state index is 0.133. The lowest BCUT2D eigenvalue weighted by molar-refractivity contribution is 0.00514. The van der Waals surface area contributed by atoms with Gasteiger partial charge in [-0.2, -0.15) is 0 Å². The number of rotatable bonds is 6. The van der Waals surface area contributed by atoms with Gasteiger partial charge in [0.15, 0.2) is 0 Å². The lowest BCUT2D eigenvalue weighted by Crippen LogP contribution is -2.55. The van der Waals surface area contributed by atoms with E-state index >= 15 is 0 Å². The molecule has 2 aromatic rings. The van der Waals surface area contributed by atoms with Gasteiger partial charge in [0, 0.05) is 55.6 Å². The number of hydrogen-bond donors (Lipinski definition) is 0. The maximum atomic E-state index is 5.70. The van der Waals surface area contributed by atoms with E-state index in [1.165, 1.54) is 29.5 Å². The summed E-state index contributed by atoms with van der Waals surface area (Å²) in [6.45, 7) is 15.7. The fraction of sp³-hybridized carbons (Fsp3) is 0.593. The highest BCUT2D eigenvalue weighted by atomic mass is 16.5. The van der Waals surface area contributed by atoms with Gasteiger partial charge in [-0.05, 0) is 56.6 Å². The summed E-state index contributed by atoms with van der Waals surface area (Å²) >= 11 is 0. The largest absolute Gasteiger partial charge is 0.496 e. The molecule has 0 bridgehead atoms. The molecule has 31 heavy (non-hydrogen) atoms. The average molecular weight is 422 g/mol. The molecule has 1 unspecified atom stereocenters. The van der Waals surface area contributed by atoms with Crippen LogP contribution in [0.4, 0.5) is 0 Å². The van der Waals surface area contributed by atoms with Crippen molar-refractivity contribution in [2.75, 3.05) is 26.7 Å². The van der Waals surface area contributed by atoms with Crippen molar-refractivity contribution in [3.05, 3.63) is 58.9 Å². The first kappa shape index (κ1) is 22.3. The number of pyridine rings is 1. The number of aromatic nitrogens is 1. The second-order valence-corrected chi connectivity index (χ2v) is 10.6. The van der Waals surface area contributed by atoms with Crippen LogP contribution in [0.25, 0.3) is 0 Å². The molecule has 1 aliphatic carbocycles. The quantitative estimate of drug-likeness (QED) is 0.594. The Morgan fingerprint density at radius 2 is 1.84 bits per heavy atom. The van der Waals surface area contributed by atoms with Gasteiger partial charge in [0.25, 0.3) is 0 Å². The first-order valence-electron chi connectivity index (χ1n) is 11.9. The monoisotopic (exact) mass is 421 g/mol. The molecule has 1 saturated heterocycles. The highest BCUT2D eigenvalue weighted by Crippen LogP contribution is 2.44. The summed E-state index contributed by atoms with van der Waals surface area (Å²) in [5.41, 5.74) is 5.48. The molecule has 0 N–H and O–H groups in total. The number of benzene rings is 1. The molecule has 1 aromatic heterocycles. The summed E-state index contributed by atoms with van der Waals surface area (Å²) in [5, 5.41) is 0. The minimum Gasteiger partial charge on any atom is -0.496 e. The smallest absolute Gasteiger partial charge is 0.125 e. The van der Waals surface area contributed by atoms with Crippen molar-refractivity contribution in [2.45, 2.75) is 77.4 Å². The SMILES string of the molecule is COc1cc(CN2CCN(C(C)(C)C)C(c3ccccc3C(C)C)C2)ncc1C1CC1. The van der Waals surface area contributed by atoms with E-state index < -0.39 is 0 Å². The van der Waals surface area contributed by atoms with Gasteiger partial charge in [0.05, 0.1) is 12.8 Å². The molecule has 1 saturated carbocycles. The molecule has 1 aromatic carbocycles. The van der Waals surface area contributed by atoms with Crippen molar-refractivity contribution in [1.82, 2.24) is 14.8 Å². The standard InChI is InChI=1S/C27H39N3O/c1-19(2)22-9-7-8-10-23(22)25-18-29(13-14-30(25)27(3,4)5)17-21-15-26(31-6)24(16-28-21)20-11-12-20/h7-10,15-16,19-20,25H,11-14,17-18H2,1-6H3. The van der Waals surface area contributed by atoms with Gasteiger partial charge in [0.2, 0.25) is 0 Å². The third-order valence-electron chi connectivity index (χ3n) is 6.88. The van der Waals surface area contributed by atoms with Crippen LogP contribution in [-0.4, -0.2) is 47.1 Å². The van der Waals surface area contributed by atoms with Crippen molar-refractivity contribution < 1.29 is 4.74 Å². The third-order valence-corrected chi connectivity index (χ3v) is 6.88. The van der Waals surface area contributed by atoms with Gasteiger partial charge in [-0.3, -0.25) is 14.8 Å². The van der Waals surface area contributed by atoms with E-state index in [0.717, 1.165) is 37.6 Å². The van der Waals surface area contributed by atoms with Crippen LogP contribution >= 0.6 is 0 Å². The molecule has 4 nitrogen and oxygen atoms in total. The van der Waals surface area contributed by atoms with E-state index in [1.807, 2.05) is 0 Å². The van der Waals surface area contributed by atoms with Crippen LogP contribution < -0.4 is 4.74 Å². The van der Waals surface area contributed by atoms with Crippen molar-refractivity contribution in [3.8, 4) is 5.75 Å². The Hall–Kier alpha value is -1.91. The number of methoxy groups -OCH3 is 1. The fourth-order valence-corrected chi connectivity index (χ4v) is 5.07. The van der Waals surface area contributed by atoms with Gasteiger partial charge < -0.3 is 4.74 Å². The normalized spacial score (nSPS) is 20.9. The lowest BCUT2D eigenvalue weighted by Gasteiger charge is -2.48. The number of nitrogens with zero attached hydrogens (tertiary/aromatic N) is 3. The Labute approximate surface area is 188 Å². The van der Waals surface area contributed by atoms with Crippen LogP contribution in [0.5, 0.6) is 5.75 Å². The van der Waals surface area contributed by atoms with E-state index in [0.29, 0.717) is 17.9 Å². The molecule has 2 fully saturated rings. The zero-order valence-corrected chi connectivity index (χ0v) is 20.2. The van der Waals surface area contributed by atoms with Crippen molar-refractivity contribution in [3.63, 3.8) is 0 Å². The summed E-state index contributed by atoms with van der Waals surface area (Å²) in [7, 11) is 1.78. The zero-order chi connectivity index (χ0) is 22.2. The van der Waals surface area contributed by atoms with E-state index in [-0.39, 0.29) is 5.54 Å². The molecule has 168 valence electrons. The predicted molar refractivity (Wildman–Crippen MR) is 128 cm³/mol. The highest BCUT2D eigenvalue weighted by molar-refractivity contribution is 5.38. The molecule has 4 rings (SSSR count). The predicted octanol–water partition coefficient (Wildman–Crippen LogP) is 5.75. The van der Waals surface area contributed by atoms with Crippen molar-refractivity contribution in [1.29, 1.82) is 0 Å². The molecule has 0 radical (unpaired) electrons. The fourth-order valence-electron chi connectivity index (χ4n) is 5.07. The molecule has 0 spiro atoms. The first-order valence-corrected chi connectivity index (χ1v) is 11.9. The van der Waals surface area contributed by atoms with Crippen molar-refractivity contribution >= 4 is 0 Å². The van der Waals surface area contributed by atoms with E-state index in [4.69, 9.17) is 9.72 Å². The second-order valence-electron chi connectivity index (χ2n) is 10.6. The topological polar surface area (TPSA) is 28.6 Å². The Morgan fingerprint density at radius 3 is 2.48 bits per heavy atom. The van der Waals surface area contributed by atoms with Crippen molar-refractivity contribution in [2.24, 2.45) is 0 Å². The molecule has 0 amide bonds. The van der Waals surface area contributed by atoms with Crippen LogP contribution in [0.2, 0.25) is 0 Å². The van der Waals surface area contributed by atoms with Gasteiger partial charge >= 0.3 is 0 Å². The maximum Gasteiger partial charge on any atom is 0.125 e. The third kappa shape index (κ3) is 4.96. The van der Waals surface area contributed by atoms with Crippen LogP contribution in [0.15, 0.2) is 36.5 Å². The molecule has 2 heterocycles. The lowest BCUT2D eigenvalue weighted by atomic mass is 9.88. The molecular weight excluding hydrogens is 382 g/mol. The maximum absolute atomic E-state index is 5.70. The van der Waals surface area contributed by atoms with Crippen LogP contribution in [-0.2, 0) is 6.54 Å². The van der Waals surface area contributed by atoms with E-state index in [9.17, 15) is 0 Å². The Bertz CT molecular complexity index is 898. The minimum atomic E-state index is 0.133. The molecular formula is C27H39N3O. The van der Waals surface area contributed by atoms with Crippen LogP contribution in [0, 0.1) is 0 Å². The van der Waals surface area contributed by atoms with Gasteiger partial charge in [-0.1, -0.05) is 38.1 Å². The van der Waals surface area contributed by atoms with E-state index in [1.54, 1.807) is 7.11 Å². The molecule has 1 aliphatic heterocycles. The average Bonchev–Trinajstić information content (AvgIpc) is 3.58. The zero-order valence-electron chi connectivity index (χ0n) is 20.2. The first-order chi connectivity index (χ1) is 14.8. The Kier molecular flexibility index (Phi) is 6.41. The van der Waals surface area contributed by atoms with Crippen LogP contribution in [0.1, 0.15) is 87.7 Å². The Morgan fingerprint density at radius 1 is 1.10 bits per heavy atom. The molecule has 2 aliphatic rings. The summed E-state index contributed by atoms with van der Waals surface area (Å²) in [6.07, 6.45) is 4.59. The molecule has 4 heteroatoms. The summed E-state index contributed by atoms with van der Waals surface area (Å²) in [6, 6.07) is 11.6. The number of ether oxygens (including phenoxy) is 1. The highest BCUT2D eigenvalue weighted by Gasteiger charge is 2.36. The van der Waals surface area contributed by atoms with E-state index in [2.05, 4.69) is 80.9 Å². The number of piperazine rings is 1. The Balaban J connectivity index is 1.58. The second kappa shape index (κ2) is 8.91.